The summed E-state index contributed by atoms with van der Waals surface area (Å²) in [6.07, 6.45) is 5.12. The molecule has 0 saturated carbocycles. The van der Waals surface area contributed by atoms with Crippen molar-refractivity contribution in [3.8, 4) is 5.75 Å². The van der Waals surface area contributed by atoms with E-state index in [0.29, 0.717) is 0 Å². The lowest BCUT2D eigenvalue weighted by molar-refractivity contribution is 0.241. The monoisotopic (exact) mass is 285 g/mol. The van der Waals surface area contributed by atoms with Gasteiger partial charge in [-0.15, -0.1) is 0 Å². The molecular weight excluding hydrogens is 262 g/mol. The summed E-state index contributed by atoms with van der Waals surface area (Å²) in [6, 6.07) is 8.50. The predicted octanol–water partition coefficient (Wildman–Crippen LogP) is 3.15. The number of unbranched alkanes of at least 4 members (excludes halogenated alkanes) is 1. The van der Waals surface area contributed by atoms with Crippen LogP contribution in [0.1, 0.15) is 36.7 Å². The van der Waals surface area contributed by atoms with Crippen molar-refractivity contribution >= 4 is 0 Å². The topological polar surface area (TPSA) is 41.1 Å². The molecule has 0 bridgehead atoms. The fraction of sp³-hybridized carbons (Fsp3) is 0.471. The van der Waals surface area contributed by atoms with Gasteiger partial charge in [0, 0.05) is 26.1 Å². The van der Waals surface area contributed by atoms with Crippen molar-refractivity contribution in [1.82, 2.24) is 14.9 Å². The highest BCUT2D eigenvalue weighted by molar-refractivity contribution is 5.27. The van der Waals surface area contributed by atoms with Crippen LogP contribution in [0.2, 0.25) is 0 Å². The number of nitrogens with one attached hydrogen (secondary N) is 1. The predicted molar refractivity (Wildman–Crippen MR) is 83.3 cm³/mol. The van der Waals surface area contributed by atoms with Gasteiger partial charge in [0.1, 0.15) is 5.75 Å². The number of ether oxygens (including phenoxy) is 1. The first kappa shape index (κ1) is 14.1. The van der Waals surface area contributed by atoms with Crippen LogP contribution in [-0.2, 0) is 19.5 Å². The second kappa shape index (κ2) is 6.76. The third-order valence-electron chi connectivity index (χ3n) is 3.95. The summed E-state index contributed by atoms with van der Waals surface area (Å²) < 4.78 is 5.70. The summed E-state index contributed by atoms with van der Waals surface area (Å²) in [5.41, 5.74) is 3.83. The number of rotatable bonds is 6. The van der Waals surface area contributed by atoms with Gasteiger partial charge in [-0.05, 0) is 24.1 Å². The highest BCUT2D eigenvalue weighted by Gasteiger charge is 2.17. The Morgan fingerprint density at radius 2 is 2.14 bits per heavy atom. The van der Waals surface area contributed by atoms with E-state index < -0.39 is 0 Å². The zero-order valence-electron chi connectivity index (χ0n) is 12.6. The van der Waals surface area contributed by atoms with Gasteiger partial charge in [-0.3, -0.25) is 4.90 Å². The van der Waals surface area contributed by atoms with E-state index in [1.807, 2.05) is 0 Å². The Balaban J connectivity index is 1.54. The normalized spacial score (nSPS) is 14.9. The smallest absolute Gasteiger partial charge is 0.119 e. The molecule has 0 unspecified atom stereocenters. The summed E-state index contributed by atoms with van der Waals surface area (Å²) in [6.45, 7) is 6.01. The van der Waals surface area contributed by atoms with Crippen molar-refractivity contribution in [2.24, 2.45) is 0 Å². The van der Waals surface area contributed by atoms with Crippen molar-refractivity contribution in [1.29, 1.82) is 0 Å². The Bertz CT molecular complexity index is 562. The molecule has 1 aromatic carbocycles. The average Bonchev–Trinajstić information content (AvgIpc) is 2.97. The number of imidazole rings is 1. The van der Waals surface area contributed by atoms with Crippen LogP contribution in [0.5, 0.6) is 5.75 Å². The van der Waals surface area contributed by atoms with Crippen LogP contribution in [0.4, 0.5) is 0 Å². The zero-order chi connectivity index (χ0) is 14.5. The first-order valence-corrected chi connectivity index (χ1v) is 7.80. The van der Waals surface area contributed by atoms with E-state index in [2.05, 4.69) is 46.1 Å². The third kappa shape index (κ3) is 3.64. The van der Waals surface area contributed by atoms with Crippen LogP contribution in [0.15, 0.2) is 30.6 Å². The molecule has 3 rings (SSSR count). The maximum absolute atomic E-state index is 5.70. The molecule has 0 amide bonds. The summed E-state index contributed by atoms with van der Waals surface area (Å²) >= 11 is 0. The molecule has 0 radical (unpaired) electrons. The summed E-state index contributed by atoms with van der Waals surface area (Å²) in [7, 11) is 0. The van der Waals surface area contributed by atoms with E-state index in [9.17, 15) is 0 Å². The minimum atomic E-state index is 0.810. The molecule has 21 heavy (non-hydrogen) atoms. The van der Waals surface area contributed by atoms with Gasteiger partial charge in [-0.2, -0.15) is 0 Å². The molecule has 1 aliphatic rings. The molecule has 1 aromatic heterocycles. The van der Waals surface area contributed by atoms with Crippen molar-refractivity contribution in [3.05, 3.63) is 47.5 Å². The van der Waals surface area contributed by atoms with E-state index in [4.69, 9.17) is 4.74 Å². The van der Waals surface area contributed by atoms with Crippen molar-refractivity contribution < 1.29 is 4.74 Å². The molecule has 4 heteroatoms. The lowest BCUT2D eigenvalue weighted by Crippen LogP contribution is -2.30. The van der Waals surface area contributed by atoms with Gasteiger partial charge >= 0.3 is 0 Å². The van der Waals surface area contributed by atoms with Gasteiger partial charge in [0.25, 0.3) is 0 Å². The quantitative estimate of drug-likeness (QED) is 0.829. The number of nitrogens with zero attached hydrogens (tertiary/aromatic N) is 2. The Kier molecular flexibility index (Phi) is 4.55. The maximum Gasteiger partial charge on any atom is 0.119 e. The van der Waals surface area contributed by atoms with Crippen LogP contribution in [0.3, 0.4) is 0 Å². The van der Waals surface area contributed by atoms with Crippen molar-refractivity contribution in [2.45, 2.75) is 39.3 Å². The number of aromatic nitrogens is 2. The molecule has 0 spiro atoms. The largest absolute Gasteiger partial charge is 0.494 e. The lowest BCUT2D eigenvalue weighted by atomic mass is 10.1. The number of hydrogen-bond acceptors (Lipinski definition) is 3. The lowest BCUT2D eigenvalue weighted by Gasteiger charge is -2.26. The minimum absolute atomic E-state index is 0.810. The van der Waals surface area contributed by atoms with Gasteiger partial charge < -0.3 is 9.72 Å². The van der Waals surface area contributed by atoms with E-state index >= 15 is 0 Å². The van der Waals surface area contributed by atoms with Crippen LogP contribution in [0, 0.1) is 0 Å². The molecule has 0 aliphatic carbocycles. The number of hydrogen-bond donors (Lipinski definition) is 1. The molecule has 1 aliphatic heterocycles. The third-order valence-corrected chi connectivity index (χ3v) is 3.95. The van der Waals surface area contributed by atoms with Gasteiger partial charge in [0.05, 0.1) is 24.3 Å². The standard InChI is InChI=1S/C17H23N3O/c1-2-3-10-21-15-6-4-14(5-7-15)11-20-9-8-16-17(12-20)19-13-18-16/h4-7,13H,2-3,8-12H2,1H3,(H,18,19). The van der Waals surface area contributed by atoms with E-state index in [1.165, 1.54) is 23.4 Å². The molecule has 4 nitrogen and oxygen atoms in total. The highest BCUT2D eigenvalue weighted by atomic mass is 16.5. The Labute approximate surface area is 126 Å². The summed E-state index contributed by atoms with van der Waals surface area (Å²) in [5, 5.41) is 0. The summed E-state index contributed by atoms with van der Waals surface area (Å²) in [5.74, 6) is 0.974. The second-order valence-corrected chi connectivity index (χ2v) is 5.63. The molecule has 112 valence electrons. The number of benzene rings is 1. The Hall–Kier alpha value is -1.81. The van der Waals surface area contributed by atoms with E-state index in [0.717, 1.165) is 44.8 Å². The average molecular weight is 285 g/mol. The van der Waals surface area contributed by atoms with E-state index in [-0.39, 0.29) is 0 Å². The molecule has 1 N–H and O–H groups in total. The maximum atomic E-state index is 5.70. The SMILES string of the molecule is CCCCOc1ccc(CN2CCc3nc[nH]c3C2)cc1. The van der Waals surface area contributed by atoms with E-state index in [1.54, 1.807) is 6.33 Å². The fourth-order valence-electron chi connectivity index (χ4n) is 2.69. The molecular formula is C17H23N3O. The first-order valence-electron chi connectivity index (χ1n) is 7.80. The van der Waals surface area contributed by atoms with Gasteiger partial charge in [-0.1, -0.05) is 25.5 Å². The molecule has 0 fully saturated rings. The highest BCUT2D eigenvalue weighted by Crippen LogP contribution is 2.19. The van der Waals surface area contributed by atoms with Crippen LogP contribution in [0.25, 0.3) is 0 Å². The number of aromatic amines is 1. The molecule has 0 atom stereocenters. The van der Waals surface area contributed by atoms with Gasteiger partial charge in [-0.25, -0.2) is 4.98 Å². The molecule has 2 aromatic rings. The van der Waals surface area contributed by atoms with Gasteiger partial charge in [0.2, 0.25) is 0 Å². The fourth-order valence-corrected chi connectivity index (χ4v) is 2.69. The Morgan fingerprint density at radius 3 is 2.95 bits per heavy atom. The summed E-state index contributed by atoms with van der Waals surface area (Å²) in [4.78, 5) is 10.0. The van der Waals surface area contributed by atoms with Crippen LogP contribution < -0.4 is 4.74 Å². The number of H-pyrrole nitrogens is 1. The van der Waals surface area contributed by atoms with Crippen molar-refractivity contribution in [2.75, 3.05) is 13.2 Å². The molecule has 0 saturated heterocycles. The van der Waals surface area contributed by atoms with Crippen LogP contribution in [-0.4, -0.2) is 28.0 Å². The molecule has 2 heterocycles. The number of fused-ring (bicyclic) bond motifs is 1. The minimum Gasteiger partial charge on any atom is -0.494 e. The van der Waals surface area contributed by atoms with Crippen molar-refractivity contribution in [3.63, 3.8) is 0 Å². The van der Waals surface area contributed by atoms with Crippen LogP contribution >= 0.6 is 0 Å². The second-order valence-electron chi connectivity index (χ2n) is 5.63. The van der Waals surface area contributed by atoms with Gasteiger partial charge in [0.15, 0.2) is 0 Å². The first-order chi connectivity index (χ1) is 10.3. The zero-order valence-corrected chi connectivity index (χ0v) is 12.6. The Morgan fingerprint density at radius 1 is 1.29 bits per heavy atom.